The van der Waals surface area contributed by atoms with Gasteiger partial charge >= 0.3 is 0 Å². The smallest absolute Gasteiger partial charge is 0.0520 e. The van der Waals surface area contributed by atoms with E-state index in [0.29, 0.717) is 0 Å². The van der Waals surface area contributed by atoms with E-state index in [1.807, 2.05) is 0 Å². The molecule has 2 aromatic carbocycles. The maximum atomic E-state index is 5.62. The predicted octanol–water partition coefficient (Wildman–Crippen LogP) is 8.21. The molecular weight excluding hydrogens is 464 g/mol. The van der Waals surface area contributed by atoms with Crippen LogP contribution in [0.15, 0.2) is 36.4 Å². The zero-order chi connectivity index (χ0) is 27.3. The Morgan fingerprint density at radius 1 is 0.421 bits per heavy atom. The Hall–Kier alpha value is -1.46. The number of nitrogens with two attached hydrogens (primary N) is 4. The van der Waals surface area contributed by atoms with Gasteiger partial charge in [-0.15, -0.1) is 0 Å². The lowest BCUT2D eigenvalue weighted by molar-refractivity contribution is 0.527. The zero-order valence-electron chi connectivity index (χ0n) is 24.5. The molecular formula is C34H60N4. The minimum Gasteiger partial charge on any atom is -0.316 e. The van der Waals surface area contributed by atoms with Crippen LogP contribution < -0.4 is 22.9 Å². The van der Waals surface area contributed by atoms with E-state index in [9.17, 15) is 0 Å². The number of benzene rings is 2. The Kier molecular flexibility index (Phi) is 18.4. The molecule has 0 spiro atoms. The van der Waals surface area contributed by atoms with Crippen LogP contribution in [0.5, 0.6) is 0 Å². The van der Waals surface area contributed by atoms with Gasteiger partial charge < -0.3 is 22.9 Å². The van der Waals surface area contributed by atoms with Crippen molar-refractivity contribution >= 4 is 10.8 Å². The van der Waals surface area contributed by atoms with Crippen LogP contribution >= 0.6 is 0 Å². The lowest BCUT2D eigenvalue weighted by atomic mass is 9.91. The largest absolute Gasteiger partial charge is 0.316 e. The fraction of sp³-hybridized carbons (Fsp3) is 0.706. The van der Waals surface area contributed by atoms with Gasteiger partial charge in [-0.1, -0.05) is 139 Å². The van der Waals surface area contributed by atoms with Crippen molar-refractivity contribution in [1.82, 2.24) is 0 Å². The van der Waals surface area contributed by atoms with Gasteiger partial charge in [0.1, 0.15) is 0 Å². The Bertz CT molecular complexity index is 832. The summed E-state index contributed by atoms with van der Waals surface area (Å²) in [4.78, 5) is 0. The van der Waals surface area contributed by atoms with Crippen molar-refractivity contribution in [1.29, 1.82) is 0 Å². The lowest BCUT2D eigenvalue weighted by Gasteiger charge is -2.14. The summed E-state index contributed by atoms with van der Waals surface area (Å²) in [5.74, 6) is 0. The number of unbranched alkanes of at least 4 members (excludes halogenated alkanes) is 16. The molecule has 0 heterocycles. The predicted molar refractivity (Wildman–Crippen MR) is 168 cm³/mol. The Morgan fingerprint density at radius 3 is 1.34 bits per heavy atom. The molecule has 0 amide bonds. The molecule has 0 aliphatic heterocycles. The van der Waals surface area contributed by atoms with Gasteiger partial charge in [-0.25, -0.2) is 0 Å². The molecule has 216 valence electrons. The van der Waals surface area contributed by atoms with E-state index in [-0.39, 0.29) is 12.3 Å². The molecule has 0 radical (unpaired) electrons. The summed E-state index contributed by atoms with van der Waals surface area (Å²) < 4.78 is 0. The standard InChI is InChI=1S/C34H60N4/c35-33(36)25-17-13-9-5-1-3-7-11-15-21-29-27-28-30-22-19-20-24-32(30)31(29)23-16-12-8-4-2-6-10-14-18-26-34(37)38/h19-20,22,24,27-28,33-34H,1-18,21,23,25-26,35-38H2. The van der Waals surface area contributed by atoms with Gasteiger partial charge in [0.25, 0.3) is 0 Å². The third-order valence-electron chi connectivity index (χ3n) is 8.09. The van der Waals surface area contributed by atoms with E-state index in [0.717, 1.165) is 12.8 Å². The van der Waals surface area contributed by atoms with Gasteiger partial charge in [0.2, 0.25) is 0 Å². The summed E-state index contributed by atoms with van der Waals surface area (Å²) in [5, 5.41) is 2.88. The van der Waals surface area contributed by atoms with Crippen molar-refractivity contribution in [2.24, 2.45) is 22.9 Å². The highest BCUT2D eigenvalue weighted by atomic mass is 14.8. The topological polar surface area (TPSA) is 104 Å². The highest BCUT2D eigenvalue weighted by molar-refractivity contribution is 5.86. The Balaban J connectivity index is 1.62. The molecule has 0 bridgehead atoms. The molecule has 4 heteroatoms. The maximum absolute atomic E-state index is 5.62. The molecule has 0 aromatic heterocycles. The summed E-state index contributed by atoms with van der Waals surface area (Å²) in [6.45, 7) is 0. The minimum atomic E-state index is -0.129. The number of hydrogen-bond donors (Lipinski definition) is 4. The van der Waals surface area contributed by atoms with E-state index >= 15 is 0 Å². The first-order valence-corrected chi connectivity index (χ1v) is 16.1. The van der Waals surface area contributed by atoms with Gasteiger partial charge in [-0.2, -0.15) is 0 Å². The van der Waals surface area contributed by atoms with E-state index in [1.165, 1.54) is 139 Å². The van der Waals surface area contributed by atoms with Crippen LogP contribution in [-0.2, 0) is 12.8 Å². The highest BCUT2D eigenvalue weighted by Crippen LogP contribution is 2.26. The molecule has 38 heavy (non-hydrogen) atoms. The van der Waals surface area contributed by atoms with Crippen molar-refractivity contribution in [2.45, 2.75) is 154 Å². The van der Waals surface area contributed by atoms with Gasteiger partial charge in [-0.05, 0) is 60.4 Å². The van der Waals surface area contributed by atoms with Gasteiger partial charge in [-0.3, -0.25) is 0 Å². The van der Waals surface area contributed by atoms with Crippen LogP contribution in [0.4, 0.5) is 0 Å². The van der Waals surface area contributed by atoms with Crippen LogP contribution in [0, 0.1) is 0 Å². The monoisotopic (exact) mass is 524 g/mol. The SMILES string of the molecule is NC(N)CCCCCCCCCCCc1ccc2ccccc2c1CCCCCCCCCCCC(N)N. The first kappa shape index (κ1) is 32.8. The van der Waals surface area contributed by atoms with Crippen LogP contribution in [0.1, 0.15) is 140 Å². The molecule has 0 atom stereocenters. The van der Waals surface area contributed by atoms with Gasteiger partial charge in [0, 0.05) is 0 Å². The molecule has 0 unspecified atom stereocenters. The molecule has 0 aliphatic rings. The first-order valence-electron chi connectivity index (χ1n) is 16.1. The summed E-state index contributed by atoms with van der Waals surface area (Å²) in [5.41, 5.74) is 25.7. The van der Waals surface area contributed by atoms with Crippen LogP contribution in [0.2, 0.25) is 0 Å². The number of fused-ring (bicyclic) bond motifs is 1. The molecule has 2 aromatic rings. The lowest BCUT2D eigenvalue weighted by Crippen LogP contribution is -2.29. The number of aryl methyl sites for hydroxylation is 2. The fourth-order valence-electron chi connectivity index (χ4n) is 5.76. The summed E-state index contributed by atoms with van der Waals surface area (Å²) in [6, 6.07) is 13.8. The molecule has 0 aliphatic carbocycles. The van der Waals surface area contributed by atoms with Gasteiger partial charge in [0.05, 0.1) is 12.3 Å². The van der Waals surface area contributed by atoms with Crippen molar-refractivity contribution in [3.63, 3.8) is 0 Å². The molecule has 0 fully saturated rings. The fourth-order valence-corrected chi connectivity index (χ4v) is 5.76. The second-order valence-corrected chi connectivity index (χ2v) is 11.7. The summed E-state index contributed by atoms with van der Waals surface area (Å²) >= 11 is 0. The third kappa shape index (κ3) is 15.2. The second-order valence-electron chi connectivity index (χ2n) is 11.7. The molecule has 0 saturated heterocycles. The highest BCUT2D eigenvalue weighted by Gasteiger charge is 2.08. The number of hydrogen-bond acceptors (Lipinski definition) is 4. The number of rotatable bonds is 24. The van der Waals surface area contributed by atoms with Crippen molar-refractivity contribution < 1.29 is 0 Å². The molecule has 8 N–H and O–H groups in total. The van der Waals surface area contributed by atoms with E-state index < -0.39 is 0 Å². The second kappa shape index (κ2) is 21.4. The molecule has 0 saturated carbocycles. The zero-order valence-corrected chi connectivity index (χ0v) is 24.5. The summed E-state index contributed by atoms with van der Waals surface area (Å²) in [6.07, 6.45) is 28.0. The minimum absolute atomic E-state index is 0.129. The Labute approximate surface area is 234 Å². The molecule has 2 rings (SSSR count). The normalized spacial score (nSPS) is 11.8. The van der Waals surface area contributed by atoms with Gasteiger partial charge in [0.15, 0.2) is 0 Å². The average molecular weight is 525 g/mol. The molecule has 4 nitrogen and oxygen atoms in total. The van der Waals surface area contributed by atoms with Crippen molar-refractivity contribution in [3.05, 3.63) is 47.5 Å². The van der Waals surface area contributed by atoms with Crippen molar-refractivity contribution in [3.8, 4) is 0 Å². The van der Waals surface area contributed by atoms with E-state index in [4.69, 9.17) is 22.9 Å². The van der Waals surface area contributed by atoms with E-state index in [2.05, 4.69) is 36.4 Å². The van der Waals surface area contributed by atoms with Crippen LogP contribution in [0.3, 0.4) is 0 Å². The first-order chi connectivity index (χ1) is 18.6. The van der Waals surface area contributed by atoms with E-state index in [1.54, 1.807) is 11.1 Å². The van der Waals surface area contributed by atoms with Crippen LogP contribution in [-0.4, -0.2) is 12.3 Å². The maximum Gasteiger partial charge on any atom is 0.0520 e. The van der Waals surface area contributed by atoms with Crippen molar-refractivity contribution in [2.75, 3.05) is 0 Å². The average Bonchev–Trinajstić information content (AvgIpc) is 2.90. The summed E-state index contributed by atoms with van der Waals surface area (Å²) in [7, 11) is 0. The van der Waals surface area contributed by atoms with Crippen LogP contribution in [0.25, 0.3) is 10.8 Å². The third-order valence-corrected chi connectivity index (χ3v) is 8.09. The quantitative estimate of drug-likeness (QED) is 0.0820. The Morgan fingerprint density at radius 2 is 0.842 bits per heavy atom.